The number of ether oxygens (including phenoxy) is 2. The van der Waals surface area contributed by atoms with Gasteiger partial charge < -0.3 is 25.0 Å². The van der Waals surface area contributed by atoms with E-state index in [4.69, 9.17) is 15.2 Å². The van der Waals surface area contributed by atoms with Crippen molar-refractivity contribution in [2.75, 3.05) is 42.8 Å². The average molecular weight is 404 g/mol. The van der Waals surface area contributed by atoms with Gasteiger partial charge in [0.15, 0.2) is 0 Å². The molecule has 6 nitrogen and oxygen atoms in total. The van der Waals surface area contributed by atoms with Gasteiger partial charge in [-0.2, -0.15) is 0 Å². The zero-order chi connectivity index (χ0) is 19.0. The number of hydrogen-bond donors (Lipinski definition) is 1. The second-order valence-corrected chi connectivity index (χ2v) is 7.01. The zero-order valence-electron chi connectivity index (χ0n) is 16.2. The summed E-state index contributed by atoms with van der Waals surface area (Å²) in [6, 6.07) is 11.4. The van der Waals surface area contributed by atoms with Crippen LogP contribution in [0, 0.1) is 0 Å². The molecule has 0 spiro atoms. The summed E-state index contributed by atoms with van der Waals surface area (Å²) in [5.74, 6) is 1.47. The van der Waals surface area contributed by atoms with E-state index in [-0.39, 0.29) is 24.4 Å². The van der Waals surface area contributed by atoms with E-state index in [1.807, 2.05) is 35.2 Å². The maximum atomic E-state index is 13.3. The molecule has 1 saturated heterocycles. The third-order valence-corrected chi connectivity index (χ3v) is 5.52. The van der Waals surface area contributed by atoms with Crippen LogP contribution in [0.4, 0.5) is 17.1 Å². The zero-order valence-corrected chi connectivity index (χ0v) is 17.0. The van der Waals surface area contributed by atoms with Crippen LogP contribution >= 0.6 is 12.4 Å². The predicted octanol–water partition coefficient (Wildman–Crippen LogP) is 3.27. The standard InChI is InChI=1S/C21H25N3O3.ClH/c1-26-15-11-14(12-16(13-15)27-2)23-10-8-20(21(23)25)24-9-4-5-17-18(22)6-3-7-19(17)24;/h3,6-7,11-13,20H,4-5,8-10,22H2,1-2H3;1H. The van der Waals surface area contributed by atoms with Gasteiger partial charge in [0.05, 0.1) is 19.9 Å². The Morgan fingerprint density at radius 2 is 1.79 bits per heavy atom. The molecule has 0 aromatic heterocycles. The molecule has 0 bridgehead atoms. The molecule has 0 radical (unpaired) electrons. The number of nitrogen functional groups attached to an aromatic ring is 1. The molecule has 1 atom stereocenters. The molecule has 2 heterocycles. The number of carbonyl (C=O) groups is 1. The smallest absolute Gasteiger partial charge is 0.249 e. The summed E-state index contributed by atoms with van der Waals surface area (Å²) in [5, 5.41) is 0. The lowest BCUT2D eigenvalue weighted by molar-refractivity contribution is -0.118. The van der Waals surface area contributed by atoms with Gasteiger partial charge in [-0.25, -0.2) is 0 Å². The Balaban J connectivity index is 0.00000225. The van der Waals surface area contributed by atoms with Gasteiger partial charge in [-0.1, -0.05) is 6.07 Å². The van der Waals surface area contributed by atoms with E-state index in [9.17, 15) is 4.79 Å². The van der Waals surface area contributed by atoms with Crippen molar-refractivity contribution < 1.29 is 14.3 Å². The van der Waals surface area contributed by atoms with Crippen LogP contribution < -0.4 is 25.0 Å². The Morgan fingerprint density at radius 3 is 2.46 bits per heavy atom. The van der Waals surface area contributed by atoms with Gasteiger partial charge in [-0.05, 0) is 37.0 Å². The number of nitrogens with two attached hydrogens (primary N) is 1. The Morgan fingerprint density at radius 1 is 1.07 bits per heavy atom. The lowest BCUT2D eigenvalue weighted by Crippen LogP contribution is -2.44. The molecule has 7 heteroatoms. The van der Waals surface area contributed by atoms with E-state index < -0.39 is 0 Å². The first-order valence-corrected chi connectivity index (χ1v) is 9.31. The van der Waals surface area contributed by atoms with Crippen LogP contribution in [0.5, 0.6) is 11.5 Å². The van der Waals surface area contributed by atoms with Crippen molar-refractivity contribution in [1.29, 1.82) is 0 Å². The lowest BCUT2D eigenvalue weighted by atomic mass is 9.98. The Hall–Kier alpha value is -2.60. The van der Waals surface area contributed by atoms with Gasteiger partial charge in [-0.3, -0.25) is 4.79 Å². The molecule has 150 valence electrons. The Kier molecular flexibility index (Phi) is 5.89. The van der Waals surface area contributed by atoms with E-state index in [2.05, 4.69) is 11.0 Å². The highest BCUT2D eigenvalue weighted by Gasteiger charge is 2.38. The average Bonchev–Trinajstić information content (AvgIpc) is 3.08. The van der Waals surface area contributed by atoms with Crippen molar-refractivity contribution in [2.45, 2.75) is 25.3 Å². The summed E-state index contributed by atoms with van der Waals surface area (Å²) in [6.45, 7) is 1.55. The van der Waals surface area contributed by atoms with Crippen LogP contribution in [0.15, 0.2) is 36.4 Å². The summed E-state index contributed by atoms with van der Waals surface area (Å²) in [4.78, 5) is 17.3. The number of carbonyl (C=O) groups excluding carboxylic acids is 1. The molecule has 1 amide bonds. The van der Waals surface area contributed by atoms with Crippen LogP contribution in [0.1, 0.15) is 18.4 Å². The lowest BCUT2D eigenvalue weighted by Gasteiger charge is -2.35. The first kappa shape index (κ1) is 20.1. The minimum atomic E-state index is -0.164. The van der Waals surface area contributed by atoms with Crippen molar-refractivity contribution in [1.82, 2.24) is 0 Å². The summed E-state index contributed by atoms with van der Waals surface area (Å²) in [6.07, 6.45) is 2.76. The van der Waals surface area contributed by atoms with Gasteiger partial charge in [0.25, 0.3) is 0 Å². The fourth-order valence-corrected chi connectivity index (χ4v) is 4.16. The van der Waals surface area contributed by atoms with E-state index in [0.717, 1.165) is 48.4 Å². The van der Waals surface area contributed by atoms with Crippen molar-refractivity contribution in [3.05, 3.63) is 42.0 Å². The number of halogens is 1. The third kappa shape index (κ3) is 3.44. The van der Waals surface area contributed by atoms with Crippen LogP contribution in [0.3, 0.4) is 0 Å². The highest BCUT2D eigenvalue weighted by molar-refractivity contribution is 6.02. The molecule has 0 aliphatic carbocycles. The van der Waals surface area contributed by atoms with Crippen LogP contribution in [-0.4, -0.2) is 39.3 Å². The number of anilines is 3. The minimum Gasteiger partial charge on any atom is -0.497 e. The van der Waals surface area contributed by atoms with E-state index in [0.29, 0.717) is 18.0 Å². The molecule has 2 N–H and O–H groups in total. The third-order valence-electron chi connectivity index (χ3n) is 5.52. The Labute approximate surface area is 171 Å². The molecule has 0 saturated carbocycles. The number of nitrogens with zero attached hydrogens (tertiary/aromatic N) is 2. The number of benzene rings is 2. The largest absolute Gasteiger partial charge is 0.497 e. The van der Waals surface area contributed by atoms with Crippen molar-refractivity contribution in [3.63, 3.8) is 0 Å². The highest BCUT2D eigenvalue weighted by Crippen LogP contribution is 2.37. The van der Waals surface area contributed by atoms with E-state index in [1.165, 1.54) is 0 Å². The number of fused-ring (bicyclic) bond motifs is 1. The van der Waals surface area contributed by atoms with Gasteiger partial charge >= 0.3 is 0 Å². The summed E-state index contributed by atoms with van der Waals surface area (Å²) < 4.78 is 10.7. The second-order valence-electron chi connectivity index (χ2n) is 7.01. The number of amides is 1. The highest BCUT2D eigenvalue weighted by atomic mass is 35.5. The maximum absolute atomic E-state index is 13.3. The number of hydrogen-bond acceptors (Lipinski definition) is 5. The fourth-order valence-electron chi connectivity index (χ4n) is 4.16. The molecule has 1 unspecified atom stereocenters. The SMILES string of the molecule is COc1cc(OC)cc(N2CCC(N3CCCc4c(N)cccc43)C2=O)c1.Cl. The predicted molar refractivity (Wildman–Crippen MR) is 114 cm³/mol. The summed E-state index contributed by atoms with van der Waals surface area (Å²) >= 11 is 0. The number of rotatable bonds is 4. The normalized spacial score (nSPS) is 18.5. The first-order chi connectivity index (χ1) is 13.1. The van der Waals surface area contributed by atoms with Crippen LogP contribution in [-0.2, 0) is 11.2 Å². The fraction of sp³-hybridized carbons (Fsp3) is 0.381. The molecule has 28 heavy (non-hydrogen) atoms. The van der Waals surface area contributed by atoms with Crippen molar-refractivity contribution in [2.24, 2.45) is 0 Å². The topological polar surface area (TPSA) is 68.0 Å². The maximum Gasteiger partial charge on any atom is 0.249 e. The van der Waals surface area contributed by atoms with Gasteiger partial charge in [0.1, 0.15) is 17.5 Å². The molecule has 2 aliphatic heterocycles. The van der Waals surface area contributed by atoms with Crippen LogP contribution in [0.25, 0.3) is 0 Å². The molecule has 2 aromatic carbocycles. The summed E-state index contributed by atoms with van der Waals surface area (Å²) in [5.41, 5.74) is 10.1. The van der Waals surface area contributed by atoms with Gasteiger partial charge in [0.2, 0.25) is 5.91 Å². The van der Waals surface area contributed by atoms with Crippen molar-refractivity contribution >= 4 is 35.4 Å². The van der Waals surface area contributed by atoms with Gasteiger partial charge in [0, 0.05) is 42.7 Å². The van der Waals surface area contributed by atoms with Gasteiger partial charge in [-0.15, -0.1) is 12.4 Å². The van der Waals surface area contributed by atoms with Crippen LogP contribution in [0.2, 0.25) is 0 Å². The van der Waals surface area contributed by atoms with E-state index in [1.54, 1.807) is 14.2 Å². The summed E-state index contributed by atoms with van der Waals surface area (Å²) in [7, 11) is 3.23. The molecule has 2 aromatic rings. The monoisotopic (exact) mass is 403 g/mol. The molecule has 1 fully saturated rings. The second kappa shape index (κ2) is 8.19. The van der Waals surface area contributed by atoms with E-state index >= 15 is 0 Å². The molecular weight excluding hydrogens is 378 g/mol. The minimum absolute atomic E-state index is 0. The Bertz CT molecular complexity index is 852. The molecular formula is C21H26ClN3O3. The quantitative estimate of drug-likeness (QED) is 0.793. The first-order valence-electron chi connectivity index (χ1n) is 9.31. The molecule has 2 aliphatic rings. The molecule has 4 rings (SSSR count). The number of methoxy groups -OCH3 is 2. The van der Waals surface area contributed by atoms with Crippen molar-refractivity contribution in [3.8, 4) is 11.5 Å².